The van der Waals surface area contributed by atoms with E-state index >= 15 is 0 Å². The molecule has 0 fully saturated rings. The summed E-state index contributed by atoms with van der Waals surface area (Å²) >= 11 is 0. The first-order valence-electron chi connectivity index (χ1n) is 5.72. The van der Waals surface area contributed by atoms with Gasteiger partial charge >= 0.3 is 0 Å². The van der Waals surface area contributed by atoms with Crippen molar-refractivity contribution < 1.29 is 4.79 Å². The Kier molecular flexibility index (Phi) is 3.29. The predicted octanol–water partition coefficient (Wildman–Crippen LogP) is 1.64. The van der Waals surface area contributed by atoms with Gasteiger partial charge in [-0.3, -0.25) is 4.79 Å². The van der Waals surface area contributed by atoms with E-state index in [2.05, 4.69) is 11.4 Å². The minimum absolute atomic E-state index is 0.000741. The molecule has 0 radical (unpaired) electrons. The fourth-order valence-electron chi connectivity index (χ4n) is 2.07. The minimum Gasteiger partial charge on any atom is -0.384 e. The van der Waals surface area contributed by atoms with E-state index in [4.69, 9.17) is 5.26 Å². The lowest BCUT2D eigenvalue weighted by molar-refractivity contribution is 0.0797. The number of carbonyl (C=O) groups excluding carboxylic acids is 1. The Morgan fingerprint density at radius 3 is 3.18 bits per heavy atom. The molecule has 0 bridgehead atoms. The first-order chi connectivity index (χ1) is 8.24. The van der Waals surface area contributed by atoms with Gasteiger partial charge in [0.05, 0.1) is 12.5 Å². The van der Waals surface area contributed by atoms with Gasteiger partial charge in [0.15, 0.2) is 0 Å². The van der Waals surface area contributed by atoms with Gasteiger partial charge in [-0.1, -0.05) is 6.07 Å². The third kappa shape index (κ3) is 2.23. The van der Waals surface area contributed by atoms with Crippen LogP contribution in [0.4, 0.5) is 5.69 Å². The number of nitrogens with one attached hydrogen (secondary N) is 1. The highest BCUT2D eigenvalue weighted by Gasteiger charge is 2.20. The van der Waals surface area contributed by atoms with Gasteiger partial charge in [-0.2, -0.15) is 5.26 Å². The molecule has 1 amide bonds. The van der Waals surface area contributed by atoms with Crippen LogP contribution in [0.5, 0.6) is 0 Å². The fourth-order valence-corrected chi connectivity index (χ4v) is 2.07. The van der Waals surface area contributed by atoms with E-state index in [1.807, 2.05) is 18.2 Å². The molecule has 0 saturated carbocycles. The van der Waals surface area contributed by atoms with Crippen LogP contribution in [0.2, 0.25) is 0 Å². The van der Waals surface area contributed by atoms with Crippen molar-refractivity contribution in [1.29, 1.82) is 5.26 Å². The van der Waals surface area contributed by atoms with Crippen molar-refractivity contribution >= 4 is 11.6 Å². The number of hydrogen-bond donors (Lipinski definition) is 1. The second kappa shape index (κ2) is 4.88. The average Bonchev–Trinajstić information content (AvgIpc) is 2.82. The van der Waals surface area contributed by atoms with Crippen LogP contribution in [0.15, 0.2) is 18.2 Å². The molecule has 0 aliphatic carbocycles. The molecule has 0 spiro atoms. The molecule has 4 heteroatoms. The van der Waals surface area contributed by atoms with Crippen molar-refractivity contribution in [1.82, 2.24) is 4.90 Å². The maximum atomic E-state index is 12.2. The van der Waals surface area contributed by atoms with Crippen molar-refractivity contribution in [2.75, 3.05) is 25.5 Å². The Labute approximate surface area is 101 Å². The number of hydrogen-bond acceptors (Lipinski definition) is 3. The van der Waals surface area contributed by atoms with Crippen molar-refractivity contribution in [3.8, 4) is 6.07 Å². The maximum absolute atomic E-state index is 12.2. The molecule has 1 aromatic rings. The number of amides is 1. The number of benzene rings is 1. The molecular weight excluding hydrogens is 214 g/mol. The first-order valence-corrected chi connectivity index (χ1v) is 5.72. The van der Waals surface area contributed by atoms with E-state index in [1.165, 1.54) is 0 Å². The van der Waals surface area contributed by atoms with Crippen LogP contribution >= 0.6 is 0 Å². The SMILES string of the molecule is CN(CCC#N)C(=O)c1cccc2c1CCN2. The summed E-state index contributed by atoms with van der Waals surface area (Å²) in [6, 6.07) is 7.80. The minimum atomic E-state index is 0.000741. The zero-order valence-electron chi connectivity index (χ0n) is 9.86. The summed E-state index contributed by atoms with van der Waals surface area (Å²) in [5.74, 6) is 0.000741. The highest BCUT2D eigenvalue weighted by atomic mass is 16.2. The normalized spacial score (nSPS) is 12.5. The van der Waals surface area contributed by atoms with E-state index in [0.717, 1.165) is 29.8 Å². The number of anilines is 1. The largest absolute Gasteiger partial charge is 0.384 e. The molecule has 4 nitrogen and oxygen atoms in total. The van der Waals surface area contributed by atoms with E-state index in [9.17, 15) is 4.79 Å². The van der Waals surface area contributed by atoms with Crippen LogP contribution in [0.25, 0.3) is 0 Å². The van der Waals surface area contributed by atoms with E-state index in [0.29, 0.717) is 13.0 Å². The Hall–Kier alpha value is -2.02. The molecule has 1 aliphatic heterocycles. The lowest BCUT2D eigenvalue weighted by Crippen LogP contribution is -2.28. The summed E-state index contributed by atoms with van der Waals surface area (Å²) < 4.78 is 0. The van der Waals surface area contributed by atoms with E-state index < -0.39 is 0 Å². The molecule has 0 unspecified atom stereocenters. The standard InChI is InChI=1S/C13H15N3O/c1-16(9-3-7-14)13(17)11-4-2-5-12-10(11)6-8-15-12/h2,4-5,15H,3,6,8-9H2,1H3. The van der Waals surface area contributed by atoms with Gasteiger partial charge in [0, 0.05) is 31.4 Å². The number of nitriles is 1. The maximum Gasteiger partial charge on any atom is 0.253 e. The lowest BCUT2D eigenvalue weighted by atomic mass is 10.0. The summed E-state index contributed by atoms with van der Waals surface area (Å²) in [4.78, 5) is 13.8. The number of fused-ring (bicyclic) bond motifs is 1. The van der Waals surface area contributed by atoms with Crippen LogP contribution in [0, 0.1) is 11.3 Å². The molecule has 1 aromatic carbocycles. The molecule has 1 N–H and O–H groups in total. The summed E-state index contributed by atoms with van der Waals surface area (Å²) in [5.41, 5.74) is 2.92. The lowest BCUT2D eigenvalue weighted by Gasteiger charge is -2.17. The van der Waals surface area contributed by atoms with Crippen LogP contribution in [0.1, 0.15) is 22.3 Å². The quantitative estimate of drug-likeness (QED) is 0.857. The smallest absolute Gasteiger partial charge is 0.253 e. The molecule has 17 heavy (non-hydrogen) atoms. The summed E-state index contributed by atoms with van der Waals surface area (Å²) in [6.45, 7) is 1.37. The van der Waals surface area contributed by atoms with Gasteiger partial charge in [0.2, 0.25) is 0 Å². The Morgan fingerprint density at radius 2 is 2.41 bits per heavy atom. The van der Waals surface area contributed by atoms with Gasteiger partial charge in [0.1, 0.15) is 0 Å². The average molecular weight is 229 g/mol. The zero-order valence-corrected chi connectivity index (χ0v) is 9.86. The highest BCUT2D eigenvalue weighted by Crippen LogP contribution is 2.26. The number of rotatable bonds is 3. The van der Waals surface area contributed by atoms with Gasteiger partial charge < -0.3 is 10.2 Å². The van der Waals surface area contributed by atoms with Crippen molar-refractivity contribution in [3.63, 3.8) is 0 Å². The van der Waals surface area contributed by atoms with Crippen molar-refractivity contribution in [2.24, 2.45) is 0 Å². The predicted molar refractivity (Wildman–Crippen MR) is 65.8 cm³/mol. The Balaban J connectivity index is 2.20. The molecule has 0 saturated heterocycles. The third-order valence-corrected chi connectivity index (χ3v) is 3.00. The van der Waals surface area contributed by atoms with Crippen LogP contribution in [-0.4, -0.2) is 30.9 Å². The highest BCUT2D eigenvalue weighted by molar-refractivity contribution is 5.97. The molecule has 1 heterocycles. The first kappa shape index (κ1) is 11.5. The summed E-state index contributed by atoms with van der Waals surface area (Å²) in [6.07, 6.45) is 1.26. The third-order valence-electron chi connectivity index (χ3n) is 3.00. The van der Waals surface area contributed by atoms with Gasteiger partial charge in [-0.15, -0.1) is 0 Å². The van der Waals surface area contributed by atoms with E-state index in [-0.39, 0.29) is 5.91 Å². The number of carbonyl (C=O) groups is 1. The molecule has 88 valence electrons. The van der Waals surface area contributed by atoms with Crippen LogP contribution < -0.4 is 5.32 Å². The Bertz CT molecular complexity index is 476. The van der Waals surface area contributed by atoms with Gasteiger partial charge in [0.25, 0.3) is 5.91 Å². The molecule has 1 aliphatic rings. The molecule has 0 aromatic heterocycles. The monoisotopic (exact) mass is 229 g/mol. The second-order valence-corrected chi connectivity index (χ2v) is 4.14. The van der Waals surface area contributed by atoms with Gasteiger partial charge in [-0.25, -0.2) is 0 Å². The number of nitrogens with zero attached hydrogens (tertiary/aromatic N) is 2. The fraction of sp³-hybridized carbons (Fsp3) is 0.385. The summed E-state index contributed by atoms with van der Waals surface area (Å²) in [5, 5.41) is 11.8. The van der Waals surface area contributed by atoms with Gasteiger partial charge in [-0.05, 0) is 24.1 Å². The second-order valence-electron chi connectivity index (χ2n) is 4.14. The topological polar surface area (TPSA) is 56.1 Å². The Morgan fingerprint density at radius 1 is 1.59 bits per heavy atom. The van der Waals surface area contributed by atoms with Crippen LogP contribution in [-0.2, 0) is 6.42 Å². The van der Waals surface area contributed by atoms with E-state index in [1.54, 1.807) is 11.9 Å². The molecule has 2 rings (SSSR count). The molecule has 0 atom stereocenters. The van der Waals surface area contributed by atoms with Crippen molar-refractivity contribution in [2.45, 2.75) is 12.8 Å². The molecular formula is C13H15N3O. The zero-order chi connectivity index (χ0) is 12.3. The van der Waals surface area contributed by atoms with Crippen molar-refractivity contribution in [3.05, 3.63) is 29.3 Å². The summed E-state index contributed by atoms with van der Waals surface area (Å²) in [7, 11) is 1.74. The van der Waals surface area contributed by atoms with Crippen LogP contribution in [0.3, 0.4) is 0 Å².